The Bertz CT molecular complexity index is 1330. The summed E-state index contributed by atoms with van der Waals surface area (Å²) in [6, 6.07) is 26.2. The lowest BCUT2D eigenvalue weighted by molar-refractivity contribution is -0.166. The topological polar surface area (TPSA) is 172 Å². The number of rotatable bonds is 14. The number of alkyl carbamates (subject to hydrolysis) is 1. The molecule has 0 heterocycles. The lowest BCUT2D eigenvalue weighted by Crippen LogP contribution is -2.63. The van der Waals surface area contributed by atoms with Gasteiger partial charge in [-0.1, -0.05) is 91.0 Å². The van der Waals surface area contributed by atoms with E-state index < -0.39 is 29.4 Å². The second-order valence-corrected chi connectivity index (χ2v) is 8.95. The maximum absolute atomic E-state index is 13.6. The quantitative estimate of drug-likeness (QED) is 0.0510. The smallest absolute Gasteiger partial charge is 0.408 e. The number of nitrogens with zero attached hydrogens (tertiary/aromatic N) is 1. The van der Waals surface area contributed by atoms with Crippen LogP contribution in [0.5, 0.6) is 0 Å². The van der Waals surface area contributed by atoms with E-state index in [0.29, 0.717) is 16.7 Å². The minimum Gasteiger partial charge on any atom is -0.459 e. The highest BCUT2D eigenvalue weighted by Crippen LogP contribution is 2.21. The molecule has 3 aromatic rings. The van der Waals surface area contributed by atoms with E-state index in [0.717, 1.165) is 0 Å². The van der Waals surface area contributed by atoms with Gasteiger partial charge in [-0.25, -0.2) is 14.4 Å². The van der Waals surface area contributed by atoms with E-state index >= 15 is 0 Å². The van der Waals surface area contributed by atoms with Gasteiger partial charge < -0.3 is 25.7 Å². The summed E-state index contributed by atoms with van der Waals surface area (Å²) >= 11 is 0. The fourth-order valence-corrected chi connectivity index (χ4v) is 3.77. The van der Waals surface area contributed by atoms with E-state index in [-0.39, 0.29) is 45.2 Å². The molecule has 1 atom stereocenters. The van der Waals surface area contributed by atoms with Gasteiger partial charge in [0.1, 0.15) is 19.8 Å². The van der Waals surface area contributed by atoms with Gasteiger partial charge in [-0.15, -0.1) is 0 Å². The number of Topliss-reactive ketones (excluding diaryl/α,β-unsaturated/α-hetero) is 1. The van der Waals surface area contributed by atoms with Crippen molar-refractivity contribution in [1.29, 1.82) is 0 Å². The monoisotopic (exact) mass is 560 g/mol. The predicted octanol–water partition coefficient (Wildman–Crippen LogP) is 2.76. The number of aliphatic imine (C=N–C) groups is 1. The van der Waals surface area contributed by atoms with Crippen molar-refractivity contribution >= 4 is 29.8 Å². The predicted molar refractivity (Wildman–Crippen MR) is 150 cm³/mol. The van der Waals surface area contributed by atoms with Crippen molar-refractivity contribution in [3.8, 4) is 0 Å². The summed E-state index contributed by atoms with van der Waals surface area (Å²) in [6.45, 7) is -0.596. The molecule has 1 amide bonds. The Hall–Kier alpha value is -5.19. The number of hydrogen-bond donors (Lipinski definition) is 3. The van der Waals surface area contributed by atoms with Crippen LogP contribution in [-0.2, 0) is 48.4 Å². The van der Waals surface area contributed by atoms with Crippen molar-refractivity contribution in [3.63, 3.8) is 0 Å². The molecule has 11 heteroatoms. The molecule has 11 nitrogen and oxygen atoms in total. The fraction of sp³-hybridized carbons (Fsp3) is 0.233. The van der Waals surface area contributed by atoms with Crippen LogP contribution in [0.15, 0.2) is 96.0 Å². The third-order valence-corrected chi connectivity index (χ3v) is 5.88. The van der Waals surface area contributed by atoms with Crippen molar-refractivity contribution in [2.75, 3.05) is 6.54 Å². The Labute approximate surface area is 237 Å². The minimum atomic E-state index is -2.48. The summed E-state index contributed by atoms with van der Waals surface area (Å²) in [4.78, 5) is 57.1. The van der Waals surface area contributed by atoms with E-state index in [4.69, 9.17) is 25.7 Å². The molecule has 0 radical (unpaired) electrons. The highest BCUT2D eigenvalue weighted by Gasteiger charge is 2.52. The van der Waals surface area contributed by atoms with Crippen molar-refractivity contribution in [3.05, 3.63) is 108 Å². The highest BCUT2D eigenvalue weighted by atomic mass is 16.6. The Balaban J connectivity index is 1.87. The van der Waals surface area contributed by atoms with E-state index in [1.807, 2.05) is 0 Å². The number of carbonyl (C=O) groups is 4. The fourth-order valence-electron chi connectivity index (χ4n) is 3.77. The zero-order valence-corrected chi connectivity index (χ0v) is 22.4. The summed E-state index contributed by atoms with van der Waals surface area (Å²) in [7, 11) is 0. The molecule has 0 bridgehead atoms. The molecule has 0 aliphatic carbocycles. The van der Waals surface area contributed by atoms with Crippen molar-refractivity contribution in [1.82, 2.24) is 5.32 Å². The lowest BCUT2D eigenvalue weighted by Gasteiger charge is -2.29. The highest BCUT2D eigenvalue weighted by molar-refractivity contribution is 6.42. The molecule has 0 aliphatic rings. The van der Waals surface area contributed by atoms with Crippen LogP contribution in [0, 0.1) is 0 Å². The lowest BCUT2D eigenvalue weighted by atomic mass is 9.88. The van der Waals surface area contributed by atoms with E-state index in [1.165, 1.54) is 0 Å². The number of esters is 2. The normalized spacial score (nSPS) is 11.8. The van der Waals surface area contributed by atoms with Crippen LogP contribution in [-0.4, -0.2) is 41.9 Å². The number of guanidine groups is 1. The van der Waals surface area contributed by atoms with Gasteiger partial charge in [0.05, 0.1) is 0 Å². The molecule has 0 aliphatic heterocycles. The molecule has 5 N–H and O–H groups in total. The standard InChI is InChI=1S/C30H32N4O7/c31-28(32)33-18-10-17-30(27(37)40-20-23-13-6-2-7-14-23,34-29(38)41-21-24-15-8-3-9-16-24)25(35)26(36)39-19-22-11-4-1-5-12-22/h1-9,11-16H,10,17-21H2,(H,34,38)(H4,31,32,33)/t30-/m0/s1. The first kappa shape index (κ1) is 30.4. The zero-order chi connectivity index (χ0) is 29.5. The van der Waals surface area contributed by atoms with Crippen LogP contribution in [0.25, 0.3) is 0 Å². The zero-order valence-electron chi connectivity index (χ0n) is 22.4. The van der Waals surface area contributed by atoms with Crippen LogP contribution >= 0.6 is 0 Å². The molecule has 0 aromatic heterocycles. The van der Waals surface area contributed by atoms with E-state index in [2.05, 4.69) is 10.3 Å². The summed E-state index contributed by atoms with van der Waals surface area (Å²) in [6.07, 6.45) is -1.47. The number of ether oxygens (including phenoxy) is 3. The van der Waals surface area contributed by atoms with Gasteiger partial charge in [0.25, 0.3) is 5.78 Å². The van der Waals surface area contributed by atoms with Gasteiger partial charge in [-0.05, 0) is 29.5 Å². The van der Waals surface area contributed by atoms with Gasteiger partial charge in [-0.2, -0.15) is 0 Å². The third-order valence-electron chi connectivity index (χ3n) is 5.88. The number of nitrogens with one attached hydrogen (secondary N) is 1. The number of hydrogen-bond acceptors (Lipinski definition) is 8. The molecule has 0 saturated carbocycles. The maximum Gasteiger partial charge on any atom is 0.408 e. The first-order chi connectivity index (χ1) is 19.8. The average Bonchev–Trinajstić information content (AvgIpc) is 3.00. The molecule has 214 valence electrons. The van der Waals surface area contributed by atoms with Crippen molar-refractivity contribution in [2.24, 2.45) is 16.5 Å². The van der Waals surface area contributed by atoms with Gasteiger partial charge in [-0.3, -0.25) is 15.1 Å². The molecular weight excluding hydrogens is 528 g/mol. The summed E-state index contributed by atoms with van der Waals surface area (Å²) in [5.74, 6) is -4.03. The number of ketones is 1. The maximum atomic E-state index is 13.6. The molecule has 41 heavy (non-hydrogen) atoms. The van der Waals surface area contributed by atoms with Crippen LogP contribution in [0.4, 0.5) is 4.79 Å². The number of benzene rings is 3. The van der Waals surface area contributed by atoms with Crippen molar-refractivity contribution in [2.45, 2.75) is 38.2 Å². The Morgan fingerprint density at radius 3 is 1.63 bits per heavy atom. The van der Waals surface area contributed by atoms with E-state index in [1.54, 1.807) is 91.0 Å². The molecule has 0 unspecified atom stereocenters. The van der Waals surface area contributed by atoms with Gasteiger partial charge >= 0.3 is 18.0 Å². The first-order valence-electron chi connectivity index (χ1n) is 12.8. The summed E-state index contributed by atoms with van der Waals surface area (Å²) in [5, 5.41) is 2.31. The largest absolute Gasteiger partial charge is 0.459 e. The number of amides is 1. The van der Waals surface area contributed by atoms with Crippen LogP contribution in [0.1, 0.15) is 29.5 Å². The average molecular weight is 561 g/mol. The Morgan fingerprint density at radius 1 is 0.683 bits per heavy atom. The summed E-state index contributed by atoms with van der Waals surface area (Å²) < 4.78 is 15.9. The van der Waals surface area contributed by atoms with Gasteiger partial charge in [0.2, 0.25) is 5.54 Å². The summed E-state index contributed by atoms with van der Waals surface area (Å²) in [5.41, 5.74) is 10.2. The molecular formula is C30H32N4O7. The number of nitrogens with two attached hydrogens (primary N) is 2. The molecule has 0 fully saturated rings. The first-order valence-corrected chi connectivity index (χ1v) is 12.8. The van der Waals surface area contributed by atoms with E-state index in [9.17, 15) is 19.2 Å². The van der Waals surface area contributed by atoms with Crippen molar-refractivity contribution < 1.29 is 33.4 Å². The second kappa shape index (κ2) is 15.4. The Morgan fingerprint density at radius 2 is 1.15 bits per heavy atom. The van der Waals surface area contributed by atoms with Crippen LogP contribution in [0.2, 0.25) is 0 Å². The van der Waals surface area contributed by atoms with Gasteiger partial charge in [0.15, 0.2) is 5.96 Å². The molecule has 0 spiro atoms. The number of carbonyl (C=O) groups excluding carboxylic acids is 4. The third kappa shape index (κ3) is 9.50. The van der Waals surface area contributed by atoms with Gasteiger partial charge in [0, 0.05) is 6.54 Å². The SMILES string of the molecule is NC(N)=NCCC[C@@](NC(=O)OCc1ccccc1)(C(=O)OCc1ccccc1)C(=O)C(=O)OCc1ccccc1. The van der Waals surface area contributed by atoms with Crippen LogP contribution in [0.3, 0.4) is 0 Å². The Kier molecular flexibility index (Phi) is 11.4. The molecule has 3 aromatic carbocycles. The minimum absolute atomic E-state index is 0.00311. The second-order valence-electron chi connectivity index (χ2n) is 8.95. The molecule has 3 rings (SSSR count). The van der Waals surface area contributed by atoms with Crippen LogP contribution < -0.4 is 16.8 Å². The molecule has 0 saturated heterocycles.